The van der Waals surface area contributed by atoms with Gasteiger partial charge in [0.2, 0.25) is 0 Å². The highest BCUT2D eigenvalue weighted by molar-refractivity contribution is 5.90. The van der Waals surface area contributed by atoms with Crippen molar-refractivity contribution >= 4 is 5.97 Å². The number of hydrogen-bond acceptors (Lipinski definition) is 3. The predicted molar refractivity (Wildman–Crippen MR) is 57.4 cm³/mol. The van der Waals surface area contributed by atoms with Gasteiger partial charge in [0, 0.05) is 7.05 Å². The first kappa shape index (κ1) is 14.3. The molecule has 0 radical (unpaired) electrons. The number of carbonyl (C=O) groups is 1. The van der Waals surface area contributed by atoms with Crippen LogP contribution in [-0.4, -0.2) is 17.1 Å². The summed E-state index contributed by atoms with van der Waals surface area (Å²) in [6.07, 6.45) is -4.65. The van der Waals surface area contributed by atoms with Gasteiger partial charge in [-0.15, -0.1) is 0 Å². The van der Waals surface area contributed by atoms with Crippen LogP contribution in [0.25, 0.3) is 0 Å². The van der Waals surface area contributed by atoms with E-state index in [0.29, 0.717) is 4.57 Å². The Labute approximate surface area is 101 Å². The van der Waals surface area contributed by atoms with Crippen LogP contribution in [0.3, 0.4) is 0 Å². The number of alkyl halides is 3. The van der Waals surface area contributed by atoms with Crippen molar-refractivity contribution in [2.45, 2.75) is 20.0 Å². The molecule has 0 aromatic carbocycles. The number of carbonyl (C=O) groups excluding carboxylic acids is 1. The molecule has 0 aliphatic carbocycles. The molecule has 1 rings (SSSR count). The standard InChI is InChI=1S/C11H12F3NO3/c1-4-18-10(17)8-6(2)5-7(11(12,13)14)15(3)9(8)16/h5H,4H2,1-3H3. The van der Waals surface area contributed by atoms with Crippen molar-refractivity contribution in [1.29, 1.82) is 0 Å². The maximum atomic E-state index is 12.6. The molecule has 0 aliphatic rings. The van der Waals surface area contributed by atoms with Gasteiger partial charge >= 0.3 is 12.1 Å². The summed E-state index contributed by atoms with van der Waals surface area (Å²) in [7, 11) is 0.966. The summed E-state index contributed by atoms with van der Waals surface area (Å²) in [5.74, 6) is -0.913. The Balaban J connectivity index is 3.49. The highest BCUT2D eigenvalue weighted by atomic mass is 19.4. The minimum absolute atomic E-state index is 0.0441. The van der Waals surface area contributed by atoms with E-state index in [4.69, 9.17) is 0 Å². The third-order valence-corrected chi connectivity index (χ3v) is 2.40. The molecule has 0 aliphatic heterocycles. The third kappa shape index (κ3) is 2.55. The molecule has 0 bridgehead atoms. The van der Waals surface area contributed by atoms with Crippen LogP contribution in [0.15, 0.2) is 10.9 Å². The van der Waals surface area contributed by atoms with Crippen molar-refractivity contribution in [2.24, 2.45) is 7.05 Å². The molecule has 0 saturated carbocycles. The van der Waals surface area contributed by atoms with Gasteiger partial charge in [0.1, 0.15) is 11.3 Å². The zero-order valence-corrected chi connectivity index (χ0v) is 10.1. The topological polar surface area (TPSA) is 48.3 Å². The molecule has 100 valence electrons. The summed E-state index contributed by atoms with van der Waals surface area (Å²) < 4.78 is 42.9. The molecule has 0 unspecified atom stereocenters. The molecule has 1 aromatic rings. The van der Waals surface area contributed by atoms with Crippen molar-refractivity contribution in [2.75, 3.05) is 6.61 Å². The first-order valence-corrected chi connectivity index (χ1v) is 5.15. The molecule has 0 spiro atoms. The fourth-order valence-corrected chi connectivity index (χ4v) is 1.54. The van der Waals surface area contributed by atoms with Crippen molar-refractivity contribution in [1.82, 2.24) is 4.57 Å². The fraction of sp³-hybridized carbons (Fsp3) is 0.455. The monoisotopic (exact) mass is 263 g/mol. The Morgan fingerprint density at radius 1 is 1.44 bits per heavy atom. The molecule has 18 heavy (non-hydrogen) atoms. The van der Waals surface area contributed by atoms with Gasteiger partial charge in [-0.3, -0.25) is 4.79 Å². The number of pyridine rings is 1. The lowest BCUT2D eigenvalue weighted by Gasteiger charge is -2.14. The Hall–Kier alpha value is -1.79. The number of ether oxygens (including phenoxy) is 1. The van der Waals surface area contributed by atoms with Crippen LogP contribution in [0.2, 0.25) is 0 Å². The molecule has 0 saturated heterocycles. The Kier molecular flexibility index (Phi) is 3.83. The zero-order valence-electron chi connectivity index (χ0n) is 10.1. The number of esters is 1. The van der Waals surface area contributed by atoms with E-state index in [0.717, 1.165) is 13.1 Å². The average molecular weight is 263 g/mol. The van der Waals surface area contributed by atoms with Crippen molar-refractivity contribution in [3.8, 4) is 0 Å². The van der Waals surface area contributed by atoms with Gasteiger partial charge in [0.25, 0.3) is 5.56 Å². The van der Waals surface area contributed by atoms with Gasteiger partial charge in [0.05, 0.1) is 6.61 Å². The Bertz CT molecular complexity index is 532. The van der Waals surface area contributed by atoms with Gasteiger partial charge in [-0.2, -0.15) is 13.2 Å². The first-order chi connectivity index (χ1) is 8.20. The van der Waals surface area contributed by atoms with Crippen LogP contribution in [-0.2, 0) is 18.0 Å². The highest BCUT2D eigenvalue weighted by Crippen LogP contribution is 2.28. The lowest BCUT2D eigenvalue weighted by molar-refractivity contribution is -0.143. The van der Waals surface area contributed by atoms with E-state index >= 15 is 0 Å². The number of halogens is 3. The lowest BCUT2D eigenvalue weighted by Crippen LogP contribution is -2.31. The Morgan fingerprint density at radius 2 is 2.00 bits per heavy atom. The smallest absolute Gasteiger partial charge is 0.431 e. The second kappa shape index (κ2) is 4.83. The molecule has 1 heterocycles. The van der Waals surface area contributed by atoms with Gasteiger partial charge in [0.15, 0.2) is 0 Å². The minimum Gasteiger partial charge on any atom is -0.462 e. The number of aryl methyl sites for hydroxylation is 1. The van der Waals surface area contributed by atoms with Gasteiger partial charge in [-0.1, -0.05) is 0 Å². The van der Waals surface area contributed by atoms with E-state index in [1.807, 2.05) is 0 Å². The molecule has 0 amide bonds. The van der Waals surface area contributed by atoms with Gasteiger partial charge in [-0.05, 0) is 25.5 Å². The SMILES string of the molecule is CCOC(=O)c1c(C)cc(C(F)(F)F)n(C)c1=O. The van der Waals surface area contributed by atoms with Crippen molar-refractivity contribution in [3.05, 3.63) is 33.2 Å². The quantitative estimate of drug-likeness (QED) is 0.765. The Morgan fingerprint density at radius 3 is 2.44 bits per heavy atom. The zero-order chi connectivity index (χ0) is 14.1. The van der Waals surface area contributed by atoms with Gasteiger partial charge in [-0.25, -0.2) is 4.79 Å². The largest absolute Gasteiger partial charge is 0.462 e. The summed E-state index contributed by atoms with van der Waals surface area (Å²) in [6, 6.07) is 0.758. The summed E-state index contributed by atoms with van der Waals surface area (Å²) in [4.78, 5) is 23.2. The fourth-order valence-electron chi connectivity index (χ4n) is 1.54. The van der Waals surface area contributed by atoms with E-state index in [-0.39, 0.29) is 17.7 Å². The predicted octanol–water partition coefficient (Wildman–Crippen LogP) is 1.89. The molecular weight excluding hydrogens is 251 g/mol. The van der Waals surface area contributed by atoms with Crippen LogP contribution in [0.4, 0.5) is 13.2 Å². The highest BCUT2D eigenvalue weighted by Gasteiger charge is 2.35. The van der Waals surface area contributed by atoms with Crippen molar-refractivity contribution < 1.29 is 22.7 Å². The van der Waals surface area contributed by atoms with Crippen LogP contribution >= 0.6 is 0 Å². The van der Waals surface area contributed by atoms with Crippen LogP contribution in [0, 0.1) is 6.92 Å². The molecule has 1 aromatic heterocycles. The second-order valence-corrected chi connectivity index (χ2v) is 3.67. The minimum atomic E-state index is -4.65. The van der Waals surface area contributed by atoms with Crippen LogP contribution in [0.5, 0.6) is 0 Å². The molecule has 7 heteroatoms. The summed E-state index contributed by atoms with van der Waals surface area (Å²) >= 11 is 0. The number of nitrogens with zero attached hydrogens (tertiary/aromatic N) is 1. The van der Waals surface area contributed by atoms with E-state index in [1.165, 1.54) is 6.92 Å². The van der Waals surface area contributed by atoms with E-state index in [1.54, 1.807) is 6.92 Å². The van der Waals surface area contributed by atoms with Gasteiger partial charge < -0.3 is 9.30 Å². The molecule has 4 nitrogen and oxygen atoms in total. The summed E-state index contributed by atoms with van der Waals surface area (Å²) in [6.45, 7) is 2.85. The average Bonchev–Trinajstić information content (AvgIpc) is 2.22. The number of aromatic nitrogens is 1. The second-order valence-electron chi connectivity index (χ2n) is 3.67. The summed E-state index contributed by atoms with van der Waals surface area (Å²) in [5.41, 5.74) is -2.53. The third-order valence-electron chi connectivity index (χ3n) is 2.40. The van der Waals surface area contributed by atoms with Crippen LogP contribution in [0.1, 0.15) is 28.5 Å². The summed E-state index contributed by atoms with van der Waals surface area (Å²) in [5, 5.41) is 0. The lowest BCUT2D eigenvalue weighted by atomic mass is 10.1. The molecular formula is C11H12F3NO3. The van der Waals surface area contributed by atoms with E-state index in [2.05, 4.69) is 4.74 Å². The first-order valence-electron chi connectivity index (χ1n) is 5.15. The molecule has 0 N–H and O–H groups in total. The number of hydrogen-bond donors (Lipinski definition) is 0. The molecule has 0 fully saturated rings. The van der Waals surface area contributed by atoms with Crippen molar-refractivity contribution in [3.63, 3.8) is 0 Å². The van der Waals surface area contributed by atoms with Crippen LogP contribution < -0.4 is 5.56 Å². The maximum absolute atomic E-state index is 12.6. The number of rotatable bonds is 2. The normalized spacial score (nSPS) is 11.4. The molecule has 0 atom stereocenters. The van der Waals surface area contributed by atoms with E-state index in [9.17, 15) is 22.8 Å². The maximum Gasteiger partial charge on any atom is 0.431 e. The van der Waals surface area contributed by atoms with E-state index < -0.39 is 23.4 Å².